The van der Waals surface area contributed by atoms with E-state index in [2.05, 4.69) is 39.5 Å². The fourth-order valence-corrected chi connectivity index (χ4v) is 3.34. The van der Waals surface area contributed by atoms with Gasteiger partial charge in [0.15, 0.2) is 0 Å². The van der Waals surface area contributed by atoms with E-state index in [-0.39, 0.29) is 10.9 Å². The summed E-state index contributed by atoms with van der Waals surface area (Å²) in [5, 5.41) is 3.39. The second-order valence-electron chi connectivity index (χ2n) is 6.33. The third-order valence-electron chi connectivity index (χ3n) is 4.68. The first-order chi connectivity index (χ1) is 12.2. The topological polar surface area (TPSA) is 28.2 Å². The molecule has 2 heterocycles. The summed E-state index contributed by atoms with van der Waals surface area (Å²) >= 11 is 0. The second kappa shape index (κ2) is 6.67. The van der Waals surface area contributed by atoms with E-state index >= 15 is 0 Å². The van der Waals surface area contributed by atoms with Crippen molar-refractivity contribution in [3.05, 3.63) is 65.9 Å². The standard InChI is InChI=1S/C20H19F2N3/c21-16-7-8-17(22)20-19(16)18(9-10-23-20)24-13-14-3-5-15(6-4-14)25-11-1-2-12-25/h3-10H,1-2,11-13H2,(H,23,24). The summed E-state index contributed by atoms with van der Waals surface area (Å²) in [5.41, 5.74) is 2.92. The molecule has 1 aromatic heterocycles. The molecule has 1 saturated heterocycles. The SMILES string of the molecule is Fc1ccc(F)c2c(NCc3ccc(N4CCCC4)cc3)ccnc12. The highest BCUT2D eigenvalue weighted by Crippen LogP contribution is 2.27. The van der Waals surface area contributed by atoms with Gasteiger partial charge in [-0.3, -0.25) is 4.98 Å². The van der Waals surface area contributed by atoms with Gasteiger partial charge in [-0.05, 0) is 48.7 Å². The molecule has 3 nitrogen and oxygen atoms in total. The smallest absolute Gasteiger partial charge is 0.149 e. The number of hydrogen-bond acceptors (Lipinski definition) is 3. The quantitative estimate of drug-likeness (QED) is 0.745. The maximum absolute atomic E-state index is 14.1. The molecule has 1 aliphatic heterocycles. The summed E-state index contributed by atoms with van der Waals surface area (Å²) in [6.45, 7) is 2.77. The first kappa shape index (κ1) is 15.8. The molecule has 0 aliphatic carbocycles. The highest BCUT2D eigenvalue weighted by atomic mass is 19.1. The van der Waals surface area contributed by atoms with Gasteiger partial charge in [0.25, 0.3) is 0 Å². The minimum Gasteiger partial charge on any atom is -0.380 e. The van der Waals surface area contributed by atoms with Gasteiger partial charge in [0, 0.05) is 37.2 Å². The van der Waals surface area contributed by atoms with E-state index in [0.717, 1.165) is 30.8 Å². The van der Waals surface area contributed by atoms with Crippen LogP contribution in [0, 0.1) is 11.6 Å². The maximum Gasteiger partial charge on any atom is 0.149 e. The van der Waals surface area contributed by atoms with Crippen LogP contribution in [0.1, 0.15) is 18.4 Å². The number of pyridine rings is 1. The molecule has 0 saturated carbocycles. The molecule has 0 unspecified atom stereocenters. The lowest BCUT2D eigenvalue weighted by Crippen LogP contribution is -2.17. The van der Waals surface area contributed by atoms with Crippen molar-refractivity contribution in [1.29, 1.82) is 0 Å². The van der Waals surface area contributed by atoms with Crippen molar-refractivity contribution < 1.29 is 8.78 Å². The monoisotopic (exact) mass is 339 g/mol. The molecule has 5 heteroatoms. The van der Waals surface area contributed by atoms with Crippen LogP contribution >= 0.6 is 0 Å². The lowest BCUT2D eigenvalue weighted by Gasteiger charge is -2.18. The maximum atomic E-state index is 14.1. The molecule has 25 heavy (non-hydrogen) atoms. The minimum absolute atomic E-state index is 0.0504. The fourth-order valence-electron chi connectivity index (χ4n) is 3.34. The van der Waals surface area contributed by atoms with Crippen molar-refractivity contribution in [1.82, 2.24) is 4.98 Å². The zero-order chi connectivity index (χ0) is 17.2. The van der Waals surface area contributed by atoms with Gasteiger partial charge < -0.3 is 10.2 Å². The molecule has 0 bridgehead atoms. The summed E-state index contributed by atoms with van der Waals surface area (Å²) in [6.07, 6.45) is 3.99. The normalized spacial score (nSPS) is 14.2. The van der Waals surface area contributed by atoms with E-state index < -0.39 is 11.6 Å². The van der Waals surface area contributed by atoms with Crippen molar-refractivity contribution in [3.63, 3.8) is 0 Å². The first-order valence-electron chi connectivity index (χ1n) is 8.53. The summed E-state index contributed by atoms with van der Waals surface area (Å²) in [7, 11) is 0. The number of benzene rings is 2. The van der Waals surface area contributed by atoms with Crippen LogP contribution in [0.3, 0.4) is 0 Å². The molecule has 3 aromatic rings. The summed E-state index contributed by atoms with van der Waals surface area (Å²) in [4.78, 5) is 6.33. The zero-order valence-electron chi connectivity index (χ0n) is 13.8. The molecule has 1 fully saturated rings. The number of aromatic nitrogens is 1. The molecule has 4 rings (SSSR count). The van der Waals surface area contributed by atoms with Gasteiger partial charge in [0.05, 0.1) is 5.39 Å². The average Bonchev–Trinajstić information content (AvgIpc) is 3.18. The van der Waals surface area contributed by atoms with E-state index in [1.807, 2.05) is 0 Å². The molecule has 0 amide bonds. The Morgan fingerprint density at radius 2 is 1.64 bits per heavy atom. The Labute approximate surface area is 145 Å². The zero-order valence-corrected chi connectivity index (χ0v) is 13.8. The van der Waals surface area contributed by atoms with Crippen LogP contribution in [-0.2, 0) is 6.54 Å². The molecular weight excluding hydrogens is 320 g/mol. The summed E-state index contributed by atoms with van der Waals surface area (Å²) in [5.74, 6) is -0.994. The number of anilines is 2. The van der Waals surface area contributed by atoms with Crippen molar-refractivity contribution in [2.24, 2.45) is 0 Å². The molecule has 128 valence electrons. The number of nitrogens with one attached hydrogen (secondary N) is 1. The third kappa shape index (κ3) is 3.14. The number of hydrogen-bond donors (Lipinski definition) is 1. The first-order valence-corrected chi connectivity index (χ1v) is 8.53. The van der Waals surface area contributed by atoms with E-state index in [1.54, 1.807) is 6.07 Å². The lowest BCUT2D eigenvalue weighted by atomic mass is 10.1. The van der Waals surface area contributed by atoms with Gasteiger partial charge in [0.2, 0.25) is 0 Å². The van der Waals surface area contributed by atoms with Crippen LogP contribution in [0.15, 0.2) is 48.7 Å². The third-order valence-corrected chi connectivity index (χ3v) is 4.68. The van der Waals surface area contributed by atoms with Crippen LogP contribution < -0.4 is 10.2 Å². The predicted octanol–water partition coefficient (Wildman–Crippen LogP) is 4.73. The number of fused-ring (bicyclic) bond motifs is 1. The van der Waals surface area contributed by atoms with Crippen LogP contribution in [0.25, 0.3) is 10.9 Å². The van der Waals surface area contributed by atoms with Crippen LogP contribution in [0.5, 0.6) is 0 Å². The Bertz CT molecular complexity index is 887. The Balaban J connectivity index is 1.53. The molecule has 0 spiro atoms. The number of halogens is 2. The van der Waals surface area contributed by atoms with Gasteiger partial charge in [-0.2, -0.15) is 0 Å². The van der Waals surface area contributed by atoms with Crippen molar-refractivity contribution in [2.75, 3.05) is 23.3 Å². The van der Waals surface area contributed by atoms with Gasteiger partial charge >= 0.3 is 0 Å². The van der Waals surface area contributed by atoms with Gasteiger partial charge in [-0.15, -0.1) is 0 Å². The highest BCUT2D eigenvalue weighted by molar-refractivity contribution is 5.91. The van der Waals surface area contributed by atoms with Crippen LogP contribution in [0.2, 0.25) is 0 Å². The van der Waals surface area contributed by atoms with E-state index in [1.165, 1.54) is 24.7 Å². The largest absolute Gasteiger partial charge is 0.380 e. The molecule has 1 aliphatic rings. The molecule has 1 N–H and O–H groups in total. The van der Waals surface area contributed by atoms with Gasteiger partial charge in [-0.25, -0.2) is 8.78 Å². The van der Waals surface area contributed by atoms with E-state index in [4.69, 9.17) is 0 Å². The number of rotatable bonds is 4. The Morgan fingerprint density at radius 3 is 2.40 bits per heavy atom. The van der Waals surface area contributed by atoms with Crippen LogP contribution in [0.4, 0.5) is 20.2 Å². The Morgan fingerprint density at radius 1 is 0.920 bits per heavy atom. The Kier molecular flexibility index (Phi) is 4.22. The van der Waals surface area contributed by atoms with Crippen molar-refractivity contribution in [3.8, 4) is 0 Å². The highest BCUT2D eigenvalue weighted by Gasteiger charge is 2.13. The summed E-state index contributed by atoms with van der Waals surface area (Å²) in [6, 6.07) is 12.3. The number of nitrogens with zero attached hydrogens (tertiary/aromatic N) is 2. The average molecular weight is 339 g/mol. The molecular formula is C20H19F2N3. The fraction of sp³-hybridized carbons (Fsp3) is 0.250. The lowest BCUT2D eigenvalue weighted by molar-refractivity contribution is 0.615. The van der Waals surface area contributed by atoms with Crippen molar-refractivity contribution in [2.45, 2.75) is 19.4 Å². The molecule has 0 radical (unpaired) electrons. The predicted molar refractivity (Wildman–Crippen MR) is 96.9 cm³/mol. The van der Waals surface area contributed by atoms with Gasteiger partial charge in [0.1, 0.15) is 17.2 Å². The second-order valence-corrected chi connectivity index (χ2v) is 6.33. The molecule has 0 atom stereocenters. The van der Waals surface area contributed by atoms with E-state index in [0.29, 0.717) is 12.2 Å². The van der Waals surface area contributed by atoms with Crippen LogP contribution in [-0.4, -0.2) is 18.1 Å². The summed E-state index contributed by atoms with van der Waals surface area (Å²) < 4.78 is 28.0. The van der Waals surface area contributed by atoms with E-state index in [9.17, 15) is 8.78 Å². The Hall–Kier alpha value is -2.69. The van der Waals surface area contributed by atoms with Gasteiger partial charge in [-0.1, -0.05) is 12.1 Å². The van der Waals surface area contributed by atoms with Crippen molar-refractivity contribution >= 4 is 22.3 Å². The minimum atomic E-state index is -0.519. The molecule has 2 aromatic carbocycles.